The smallest absolute Gasteiger partial charge is 0.233 e. The first kappa shape index (κ1) is 14.1. The number of carbonyl (C=O) groups is 2. The molecule has 3 fully saturated rings. The number of rotatable bonds is 4. The molecular formula is C16H26N2O2. The second kappa shape index (κ2) is 6.25. The number of carbonyl (C=O) groups excluding carboxylic acids is 2. The average Bonchev–Trinajstić information content (AvgIpc) is 2.74. The van der Waals surface area contributed by atoms with Gasteiger partial charge in [0.25, 0.3) is 0 Å². The summed E-state index contributed by atoms with van der Waals surface area (Å²) in [6.45, 7) is 2.90. The Kier molecular flexibility index (Phi) is 4.39. The lowest BCUT2D eigenvalue weighted by Crippen LogP contribution is -2.33. The van der Waals surface area contributed by atoms with E-state index in [1.54, 1.807) is 4.90 Å². The fourth-order valence-electron chi connectivity index (χ4n) is 4.16. The molecule has 3 aliphatic rings. The van der Waals surface area contributed by atoms with E-state index in [0.29, 0.717) is 6.54 Å². The van der Waals surface area contributed by atoms with Gasteiger partial charge in [0.05, 0.1) is 11.8 Å². The van der Waals surface area contributed by atoms with E-state index in [1.165, 1.54) is 12.8 Å². The minimum absolute atomic E-state index is 0.0209. The summed E-state index contributed by atoms with van der Waals surface area (Å²) in [6, 6.07) is 0. The Balaban J connectivity index is 1.49. The van der Waals surface area contributed by atoms with E-state index in [-0.39, 0.29) is 23.7 Å². The summed E-state index contributed by atoms with van der Waals surface area (Å²) in [5.74, 6) is 1.03. The Bertz CT molecular complexity index is 353. The van der Waals surface area contributed by atoms with Crippen molar-refractivity contribution in [1.29, 1.82) is 0 Å². The van der Waals surface area contributed by atoms with Crippen LogP contribution >= 0.6 is 0 Å². The SMILES string of the molecule is O=C1C2CCCCC2C(=O)N1CCCC1CCCNC1. The Hall–Kier alpha value is -0.900. The average molecular weight is 278 g/mol. The van der Waals surface area contributed by atoms with Crippen LogP contribution in [0.15, 0.2) is 0 Å². The molecule has 112 valence electrons. The maximum atomic E-state index is 12.3. The Morgan fingerprint density at radius 2 is 1.70 bits per heavy atom. The Morgan fingerprint density at radius 3 is 2.30 bits per heavy atom. The van der Waals surface area contributed by atoms with Crippen molar-refractivity contribution in [2.45, 2.75) is 51.4 Å². The van der Waals surface area contributed by atoms with E-state index in [4.69, 9.17) is 0 Å². The van der Waals surface area contributed by atoms with Crippen molar-refractivity contribution in [3.63, 3.8) is 0 Å². The van der Waals surface area contributed by atoms with Crippen LogP contribution in [0.4, 0.5) is 0 Å². The Morgan fingerprint density at radius 1 is 1.00 bits per heavy atom. The highest BCUT2D eigenvalue weighted by molar-refractivity contribution is 6.05. The fraction of sp³-hybridized carbons (Fsp3) is 0.875. The lowest BCUT2D eigenvalue weighted by molar-refractivity contribution is -0.140. The molecule has 3 atom stereocenters. The normalized spacial score (nSPS) is 34.4. The molecule has 3 unspecified atom stereocenters. The molecule has 20 heavy (non-hydrogen) atoms. The molecule has 4 nitrogen and oxygen atoms in total. The summed E-state index contributed by atoms with van der Waals surface area (Å²) >= 11 is 0. The van der Waals surface area contributed by atoms with Crippen LogP contribution in [0.5, 0.6) is 0 Å². The van der Waals surface area contributed by atoms with Crippen LogP contribution < -0.4 is 5.32 Å². The molecule has 4 heteroatoms. The first-order valence-corrected chi connectivity index (χ1v) is 8.33. The van der Waals surface area contributed by atoms with Crippen molar-refractivity contribution in [3.8, 4) is 0 Å². The summed E-state index contributed by atoms with van der Waals surface area (Å²) in [4.78, 5) is 26.2. The minimum Gasteiger partial charge on any atom is -0.316 e. The van der Waals surface area contributed by atoms with Crippen LogP contribution in [-0.2, 0) is 9.59 Å². The van der Waals surface area contributed by atoms with E-state index in [1.807, 2.05) is 0 Å². The number of amides is 2. The molecule has 2 amide bonds. The second-order valence-corrected chi connectivity index (χ2v) is 6.68. The molecule has 1 aliphatic carbocycles. The van der Waals surface area contributed by atoms with Gasteiger partial charge < -0.3 is 5.32 Å². The third-order valence-corrected chi connectivity index (χ3v) is 5.33. The van der Waals surface area contributed by atoms with Crippen molar-refractivity contribution >= 4 is 11.8 Å². The van der Waals surface area contributed by atoms with E-state index < -0.39 is 0 Å². The third kappa shape index (κ3) is 2.76. The van der Waals surface area contributed by atoms with Gasteiger partial charge in [-0.05, 0) is 57.5 Å². The number of piperidine rings is 1. The summed E-state index contributed by atoms with van der Waals surface area (Å²) in [7, 11) is 0. The highest BCUT2D eigenvalue weighted by atomic mass is 16.2. The predicted molar refractivity (Wildman–Crippen MR) is 77.0 cm³/mol. The van der Waals surface area contributed by atoms with Crippen LogP contribution in [0.25, 0.3) is 0 Å². The summed E-state index contributed by atoms with van der Waals surface area (Å²) in [6.07, 6.45) is 8.75. The number of hydrogen-bond acceptors (Lipinski definition) is 3. The lowest BCUT2D eigenvalue weighted by atomic mass is 9.81. The molecule has 0 bridgehead atoms. The van der Waals surface area contributed by atoms with Gasteiger partial charge in [-0.2, -0.15) is 0 Å². The molecule has 2 aliphatic heterocycles. The maximum Gasteiger partial charge on any atom is 0.233 e. The second-order valence-electron chi connectivity index (χ2n) is 6.68. The van der Waals surface area contributed by atoms with E-state index in [9.17, 15) is 9.59 Å². The predicted octanol–water partition coefficient (Wildman–Crippen LogP) is 1.94. The standard InChI is InChI=1S/C16H26N2O2/c19-15-13-7-1-2-8-14(13)16(20)18(15)10-4-6-12-5-3-9-17-11-12/h12-14,17H,1-11H2. The van der Waals surface area contributed by atoms with Gasteiger partial charge in [-0.3, -0.25) is 14.5 Å². The maximum absolute atomic E-state index is 12.3. The minimum atomic E-state index is 0.0209. The number of likely N-dealkylation sites (tertiary alicyclic amines) is 1. The zero-order valence-electron chi connectivity index (χ0n) is 12.3. The molecule has 0 aromatic heterocycles. The van der Waals surface area contributed by atoms with Gasteiger partial charge >= 0.3 is 0 Å². The van der Waals surface area contributed by atoms with Crippen molar-refractivity contribution in [3.05, 3.63) is 0 Å². The van der Waals surface area contributed by atoms with Gasteiger partial charge in [-0.15, -0.1) is 0 Å². The van der Waals surface area contributed by atoms with Gasteiger partial charge in [0.15, 0.2) is 0 Å². The first-order chi connectivity index (χ1) is 9.77. The summed E-state index contributed by atoms with van der Waals surface area (Å²) in [5.41, 5.74) is 0. The zero-order valence-corrected chi connectivity index (χ0v) is 12.3. The van der Waals surface area contributed by atoms with E-state index >= 15 is 0 Å². The van der Waals surface area contributed by atoms with Crippen LogP contribution in [0.3, 0.4) is 0 Å². The molecule has 0 aromatic carbocycles. The summed E-state index contributed by atoms with van der Waals surface area (Å²) in [5, 5.41) is 3.42. The van der Waals surface area contributed by atoms with Crippen LogP contribution in [-0.4, -0.2) is 36.3 Å². The zero-order chi connectivity index (χ0) is 13.9. The molecule has 1 N–H and O–H groups in total. The van der Waals surface area contributed by atoms with E-state index in [2.05, 4.69) is 5.32 Å². The van der Waals surface area contributed by atoms with Gasteiger partial charge in [0.1, 0.15) is 0 Å². The van der Waals surface area contributed by atoms with E-state index in [0.717, 1.165) is 57.5 Å². The number of nitrogens with zero attached hydrogens (tertiary/aromatic N) is 1. The highest BCUT2D eigenvalue weighted by Crippen LogP contribution is 2.38. The number of imide groups is 1. The molecule has 2 heterocycles. The van der Waals surface area contributed by atoms with Gasteiger partial charge in [-0.25, -0.2) is 0 Å². The number of fused-ring (bicyclic) bond motifs is 1. The molecule has 1 saturated carbocycles. The van der Waals surface area contributed by atoms with Gasteiger partial charge in [0.2, 0.25) is 11.8 Å². The summed E-state index contributed by atoms with van der Waals surface area (Å²) < 4.78 is 0. The quantitative estimate of drug-likeness (QED) is 0.800. The number of hydrogen-bond donors (Lipinski definition) is 1. The third-order valence-electron chi connectivity index (χ3n) is 5.33. The highest BCUT2D eigenvalue weighted by Gasteiger charge is 2.47. The van der Waals surface area contributed by atoms with Crippen molar-refractivity contribution in [1.82, 2.24) is 10.2 Å². The van der Waals surface area contributed by atoms with Crippen LogP contribution in [0.2, 0.25) is 0 Å². The van der Waals surface area contributed by atoms with Gasteiger partial charge in [-0.1, -0.05) is 12.8 Å². The van der Waals surface area contributed by atoms with Crippen molar-refractivity contribution in [2.24, 2.45) is 17.8 Å². The van der Waals surface area contributed by atoms with Gasteiger partial charge in [0, 0.05) is 6.54 Å². The largest absolute Gasteiger partial charge is 0.316 e. The fourth-order valence-corrected chi connectivity index (χ4v) is 4.16. The monoisotopic (exact) mass is 278 g/mol. The first-order valence-electron chi connectivity index (χ1n) is 8.33. The number of nitrogens with one attached hydrogen (secondary N) is 1. The molecular weight excluding hydrogens is 252 g/mol. The van der Waals surface area contributed by atoms with Crippen molar-refractivity contribution < 1.29 is 9.59 Å². The molecule has 2 saturated heterocycles. The van der Waals surface area contributed by atoms with Crippen LogP contribution in [0, 0.1) is 17.8 Å². The van der Waals surface area contributed by atoms with Crippen molar-refractivity contribution in [2.75, 3.05) is 19.6 Å². The molecule has 0 spiro atoms. The molecule has 0 aromatic rings. The topological polar surface area (TPSA) is 49.4 Å². The van der Waals surface area contributed by atoms with Crippen LogP contribution in [0.1, 0.15) is 51.4 Å². The molecule has 0 radical (unpaired) electrons. The lowest BCUT2D eigenvalue weighted by Gasteiger charge is -2.23. The Labute approximate surface area is 121 Å². The molecule has 3 rings (SSSR count).